The lowest BCUT2D eigenvalue weighted by Gasteiger charge is -2.31. The summed E-state index contributed by atoms with van der Waals surface area (Å²) >= 11 is 0.472. The number of aromatic nitrogens is 2. The van der Waals surface area contributed by atoms with Gasteiger partial charge in [-0.15, -0.1) is 10.2 Å². The molecule has 0 radical (unpaired) electrons. The summed E-state index contributed by atoms with van der Waals surface area (Å²) in [6.07, 6.45) is -5.10. The van der Waals surface area contributed by atoms with Gasteiger partial charge >= 0.3 is 6.18 Å². The van der Waals surface area contributed by atoms with E-state index in [1.807, 2.05) is 0 Å². The number of hydrogen-bond donors (Lipinski definition) is 2. The number of hydrogen-bond acceptors (Lipinski definition) is 6. The van der Waals surface area contributed by atoms with Crippen LogP contribution in [0.3, 0.4) is 0 Å². The van der Waals surface area contributed by atoms with Crippen molar-refractivity contribution in [2.24, 2.45) is 5.73 Å². The third-order valence-electron chi connectivity index (χ3n) is 2.34. The molecule has 2 rings (SSSR count). The van der Waals surface area contributed by atoms with Gasteiger partial charge in [-0.2, -0.15) is 13.2 Å². The van der Waals surface area contributed by atoms with Crippen LogP contribution in [0.25, 0.3) is 0 Å². The molecule has 10 heteroatoms. The van der Waals surface area contributed by atoms with Crippen molar-refractivity contribution in [2.75, 3.05) is 24.6 Å². The van der Waals surface area contributed by atoms with Crippen LogP contribution in [-0.4, -0.2) is 41.8 Å². The van der Waals surface area contributed by atoms with Crippen molar-refractivity contribution in [3.63, 3.8) is 0 Å². The molecule has 1 unspecified atom stereocenters. The van der Waals surface area contributed by atoms with E-state index < -0.39 is 17.3 Å². The SMILES string of the molecule is N=C(N)C1CN(c2nnc(C(F)(F)F)s2)CCO1. The second kappa shape index (κ2) is 4.69. The number of alkyl halides is 3. The van der Waals surface area contributed by atoms with Gasteiger partial charge in [0.1, 0.15) is 11.9 Å². The molecule has 0 aliphatic carbocycles. The van der Waals surface area contributed by atoms with Crippen LogP contribution >= 0.6 is 11.3 Å². The Balaban J connectivity index is 2.12. The number of anilines is 1. The maximum atomic E-state index is 12.4. The second-order valence-corrected chi connectivity index (χ2v) is 4.60. The van der Waals surface area contributed by atoms with Crippen LogP contribution in [0.4, 0.5) is 18.3 Å². The van der Waals surface area contributed by atoms with E-state index in [1.54, 1.807) is 4.90 Å². The lowest BCUT2D eigenvalue weighted by molar-refractivity contribution is -0.138. The minimum atomic E-state index is -4.48. The molecular weight excluding hydrogens is 271 g/mol. The first-order chi connectivity index (χ1) is 8.38. The van der Waals surface area contributed by atoms with E-state index >= 15 is 0 Å². The molecule has 1 aromatic rings. The number of nitrogens with two attached hydrogens (primary N) is 1. The molecule has 6 nitrogen and oxygen atoms in total. The fourth-order valence-electron chi connectivity index (χ4n) is 1.47. The first-order valence-corrected chi connectivity index (χ1v) is 5.80. The van der Waals surface area contributed by atoms with Crippen LogP contribution in [-0.2, 0) is 10.9 Å². The molecule has 0 aromatic carbocycles. The Hall–Kier alpha value is -1.42. The fourth-order valence-corrected chi connectivity index (χ4v) is 2.22. The molecule has 2 heterocycles. The Morgan fingerprint density at radius 3 is 2.78 bits per heavy atom. The van der Waals surface area contributed by atoms with E-state index in [1.165, 1.54) is 0 Å². The van der Waals surface area contributed by atoms with Crippen molar-refractivity contribution in [1.29, 1.82) is 5.41 Å². The number of nitrogens with one attached hydrogen (secondary N) is 1. The third-order valence-corrected chi connectivity index (χ3v) is 3.37. The van der Waals surface area contributed by atoms with E-state index in [4.69, 9.17) is 15.9 Å². The maximum absolute atomic E-state index is 12.4. The summed E-state index contributed by atoms with van der Waals surface area (Å²) < 4.78 is 42.4. The molecule has 0 bridgehead atoms. The molecule has 1 atom stereocenters. The van der Waals surface area contributed by atoms with E-state index in [9.17, 15) is 13.2 Å². The Kier molecular flexibility index (Phi) is 3.39. The Labute approximate surface area is 104 Å². The second-order valence-electron chi connectivity index (χ2n) is 3.65. The quantitative estimate of drug-likeness (QED) is 0.615. The van der Waals surface area contributed by atoms with E-state index in [2.05, 4.69) is 10.2 Å². The van der Waals surface area contributed by atoms with Gasteiger partial charge in [-0.25, -0.2) is 0 Å². The van der Waals surface area contributed by atoms with Gasteiger partial charge < -0.3 is 15.4 Å². The van der Waals surface area contributed by atoms with Gasteiger partial charge in [0.2, 0.25) is 10.1 Å². The highest BCUT2D eigenvalue weighted by molar-refractivity contribution is 7.15. The zero-order chi connectivity index (χ0) is 13.3. The molecule has 3 N–H and O–H groups in total. The summed E-state index contributed by atoms with van der Waals surface area (Å²) in [4.78, 5) is 1.59. The number of halogens is 3. The smallest absolute Gasteiger partial charge is 0.385 e. The average molecular weight is 281 g/mol. The summed E-state index contributed by atoms with van der Waals surface area (Å²) in [5, 5.41) is 13.1. The number of rotatable bonds is 2. The molecule has 1 fully saturated rings. The highest BCUT2D eigenvalue weighted by atomic mass is 32.1. The first kappa shape index (κ1) is 13.0. The number of morpholine rings is 1. The number of nitrogens with zero attached hydrogens (tertiary/aromatic N) is 3. The van der Waals surface area contributed by atoms with Gasteiger partial charge in [0.05, 0.1) is 13.2 Å². The van der Waals surface area contributed by atoms with Gasteiger partial charge in [0.15, 0.2) is 0 Å². The van der Waals surface area contributed by atoms with Gasteiger partial charge in [0.25, 0.3) is 0 Å². The molecule has 18 heavy (non-hydrogen) atoms. The molecule has 1 aromatic heterocycles. The minimum Gasteiger partial charge on any atom is -0.385 e. The van der Waals surface area contributed by atoms with Crippen LogP contribution in [0.1, 0.15) is 5.01 Å². The lowest BCUT2D eigenvalue weighted by Crippen LogP contribution is -2.48. The fraction of sp³-hybridized carbons (Fsp3) is 0.625. The van der Waals surface area contributed by atoms with Gasteiger partial charge in [-0.3, -0.25) is 5.41 Å². The van der Waals surface area contributed by atoms with E-state index in [0.717, 1.165) is 0 Å². The van der Waals surface area contributed by atoms with Crippen LogP contribution in [0.2, 0.25) is 0 Å². The third kappa shape index (κ3) is 2.70. The van der Waals surface area contributed by atoms with Gasteiger partial charge in [0, 0.05) is 6.54 Å². The molecule has 0 saturated carbocycles. The van der Waals surface area contributed by atoms with Gasteiger partial charge in [-0.05, 0) is 0 Å². The summed E-state index contributed by atoms with van der Waals surface area (Å²) in [5.41, 5.74) is 5.30. The van der Waals surface area contributed by atoms with Crippen molar-refractivity contribution in [3.05, 3.63) is 5.01 Å². The molecule has 0 amide bonds. The van der Waals surface area contributed by atoms with Crippen LogP contribution < -0.4 is 10.6 Å². The van der Waals surface area contributed by atoms with Crippen LogP contribution in [0, 0.1) is 5.41 Å². The molecule has 100 valence electrons. The maximum Gasteiger partial charge on any atom is 0.445 e. The van der Waals surface area contributed by atoms with Gasteiger partial charge in [-0.1, -0.05) is 11.3 Å². The van der Waals surface area contributed by atoms with Crippen molar-refractivity contribution < 1.29 is 17.9 Å². The van der Waals surface area contributed by atoms with E-state index in [-0.39, 0.29) is 24.1 Å². The zero-order valence-corrected chi connectivity index (χ0v) is 9.88. The highest BCUT2D eigenvalue weighted by Crippen LogP contribution is 2.34. The predicted octanol–water partition coefficient (Wildman–Crippen LogP) is 0.698. The molecule has 1 aliphatic heterocycles. The normalized spacial score (nSPS) is 21.1. The number of ether oxygens (including phenoxy) is 1. The topological polar surface area (TPSA) is 88.1 Å². The largest absolute Gasteiger partial charge is 0.445 e. The Morgan fingerprint density at radius 1 is 1.50 bits per heavy atom. The highest BCUT2D eigenvalue weighted by Gasteiger charge is 2.36. The van der Waals surface area contributed by atoms with E-state index in [0.29, 0.717) is 17.9 Å². The molecule has 1 saturated heterocycles. The zero-order valence-electron chi connectivity index (χ0n) is 9.07. The van der Waals surface area contributed by atoms with Crippen LogP contribution in [0.5, 0.6) is 0 Å². The summed E-state index contributed by atoms with van der Waals surface area (Å²) in [6, 6.07) is 0. The van der Waals surface area contributed by atoms with Crippen molar-refractivity contribution >= 4 is 22.3 Å². The molecule has 0 spiro atoms. The van der Waals surface area contributed by atoms with Crippen molar-refractivity contribution in [3.8, 4) is 0 Å². The average Bonchev–Trinajstić information content (AvgIpc) is 2.78. The monoisotopic (exact) mass is 281 g/mol. The summed E-state index contributed by atoms with van der Waals surface area (Å²) in [7, 11) is 0. The minimum absolute atomic E-state index is 0.153. The van der Waals surface area contributed by atoms with Crippen LogP contribution in [0.15, 0.2) is 0 Å². The lowest BCUT2D eigenvalue weighted by atomic mass is 10.2. The van der Waals surface area contributed by atoms with Crippen molar-refractivity contribution in [1.82, 2.24) is 10.2 Å². The van der Waals surface area contributed by atoms with Crippen molar-refractivity contribution in [2.45, 2.75) is 12.3 Å². The molecule has 1 aliphatic rings. The summed E-state index contributed by atoms with van der Waals surface area (Å²) in [6.45, 7) is 0.892. The number of amidine groups is 1. The molecular formula is C8H10F3N5OS. The summed E-state index contributed by atoms with van der Waals surface area (Å²) in [5.74, 6) is -0.153. The standard InChI is InChI=1S/C8H10F3N5OS/c9-8(10,11)6-14-15-7(18-6)16-1-2-17-4(3-16)5(12)13/h4H,1-3H2,(H3,12,13). The Morgan fingerprint density at radius 2 is 2.22 bits per heavy atom. The Bertz CT molecular complexity index is 448. The predicted molar refractivity (Wildman–Crippen MR) is 58.8 cm³/mol. The first-order valence-electron chi connectivity index (χ1n) is 4.99.